The van der Waals surface area contributed by atoms with Crippen LogP contribution in [0.5, 0.6) is 0 Å². The maximum Gasteiger partial charge on any atom is 0.416 e. The fourth-order valence-corrected chi connectivity index (χ4v) is 1.79. The van der Waals surface area contributed by atoms with Gasteiger partial charge in [-0.15, -0.1) is 0 Å². The molecular weight excluding hydrogens is 291 g/mol. The van der Waals surface area contributed by atoms with Crippen molar-refractivity contribution < 1.29 is 32.6 Å². The van der Waals surface area contributed by atoms with Gasteiger partial charge >= 0.3 is 18.1 Å². The summed E-state index contributed by atoms with van der Waals surface area (Å²) in [6, 6.07) is 3.40. The normalized spacial score (nSPS) is 11.4. The summed E-state index contributed by atoms with van der Waals surface area (Å²) >= 11 is 0. The summed E-state index contributed by atoms with van der Waals surface area (Å²) in [7, 11) is 1.04. The topological polar surface area (TPSA) is 76.5 Å². The minimum absolute atomic E-state index is 0.0386. The SMILES string of the molecule is COC(=O)c1cc(C(=O)O)nc2ccc(C(F)(F)F)cc12. The van der Waals surface area contributed by atoms with Crippen molar-refractivity contribution in [1.82, 2.24) is 4.98 Å². The zero-order valence-corrected chi connectivity index (χ0v) is 10.6. The van der Waals surface area contributed by atoms with Crippen molar-refractivity contribution in [2.45, 2.75) is 6.18 Å². The van der Waals surface area contributed by atoms with Crippen LogP contribution in [0.2, 0.25) is 0 Å². The lowest BCUT2D eigenvalue weighted by Gasteiger charge is -2.10. The Balaban J connectivity index is 2.80. The zero-order valence-electron chi connectivity index (χ0n) is 10.6. The number of carbonyl (C=O) groups is 2. The highest BCUT2D eigenvalue weighted by atomic mass is 19.4. The summed E-state index contributed by atoms with van der Waals surface area (Å²) in [5.74, 6) is -2.34. The van der Waals surface area contributed by atoms with E-state index < -0.39 is 29.4 Å². The summed E-state index contributed by atoms with van der Waals surface area (Å²) in [5.41, 5.74) is -1.75. The standard InChI is InChI=1S/C13H8F3NO4/c1-21-12(20)8-5-10(11(18)19)17-9-3-2-6(4-7(8)9)13(14,15)16/h2-5H,1H3,(H,18,19). The van der Waals surface area contributed by atoms with E-state index in [0.29, 0.717) is 0 Å². The molecule has 2 aromatic rings. The van der Waals surface area contributed by atoms with Gasteiger partial charge in [-0.3, -0.25) is 0 Å². The molecule has 0 aliphatic heterocycles. The van der Waals surface area contributed by atoms with Crippen molar-refractivity contribution in [2.75, 3.05) is 7.11 Å². The number of methoxy groups -OCH3 is 1. The van der Waals surface area contributed by atoms with E-state index in [1.54, 1.807) is 0 Å². The zero-order chi connectivity index (χ0) is 15.8. The number of carboxylic acids is 1. The molecule has 5 nitrogen and oxygen atoms in total. The Bertz CT molecular complexity index is 740. The van der Waals surface area contributed by atoms with E-state index in [-0.39, 0.29) is 16.5 Å². The van der Waals surface area contributed by atoms with Gasteiger partial charge in [-0.25, -0.2) is 14.6 Å². The number of aromatic carboxylic acids is 1. The predicted octanol–water partition coefficient (Wildman–Crippen LogP) is 2.74. The van der Waals surface area contributed by atoms with Crippen molar-refractivity contribution in [1.29, 1.82) is 0 Å². The van der Waals surface area contributed by atoms with E-state index in [1.165, 1.54) is 0 Å². The first-order valence-electron chi connectivity index (χ1n) is 5.57. The molecule has 21 heavy (non-hydrogen) atoms. The highest BCUT2D eigenvalue weighted by molar-refractivity contribution is 6.05. The van der Waals surface area contributed by atoms with Crippen molar-refractivity contribution in [3.05, 3.63) is 41.1 Å². The number of carbonyl (C=O) groups excluding carboxylic acids is 1. The number of rotatable bonds is 2. The van der Waals surface area contributed by atoms with Gasteiger partial charge in [0.05, 0.1) is 23.8 Å². The molecule has 0 unspecified atom stereocenters. The Labute approximate surface area is 116 Å². The lowest BCUT2D eigenvalue weighted by molar-refractivity contribution is -0.137. The van der Waals surface area contributed by atoms with Crippen LogP contribution in [0.4, 0.5) is 13.2 Å². The Morgan fingerprint density at radius 1 is 1.24 bits per heavy atom. The summed E-state index contributed by atoms with van der Waals surface area (Å²) in [4.78, 5) is 26.3. The Morgan fingerprint density at radius 2 is 1.90 bits per heavy atom. The van der Waals surface area contributed by atoms with Gasteiger partial charge < -0.3 is 9.84 Å². The minimum atomic E-state index is -4.59. The molecule has 0 amide bonds. The van der Waals surface area contributed by atoms with Crippen LogP contribution >= 0.6 is 0 Å². The van der Waals surface area contributed by atoms with Crippen LogP contribution in [0.1, 0.15) is 26.4 Å². The number of aromatic nitrogens is 1. The van der Waals surface area contributed by atoms with Gasteiger partial charge in [0.15, 0.2) is 0 Å². The molecule has 0 atom stereocenters. The molecule has 0 aliphatic rings. The first-order valence-corrected chi connectivity index (χ1v) is 5.57. The second-order valence-corrected chi connectivity index (χ2v) is 4.08. The fraction of sp³-hybridized carbons (Fsp3) is 0.154. The van der Waals surface area contributed by atoms with Crippen LogP contribution in [0, 0.1) is 0 Å². The molecule has 110 valence electrons. The third-order valence-electron chi connectivity index (χ3n) is 2.76. The van der Waals surface area contributed by atoms with Crippen LogP contribution in [-0.4, -0.2) is 29.1 Å². The van der Waals surface area contributed by atoms with E-state index in [4.69, 9.17) is 5.11 Å². The van der Waals surface area contributed by atoms with Gasteiger partial charge in [0, 0.05) is 5.39 Å². The van der Waals surface area contributed by atoms with E-state index in [9.17, 15) is 22.8 Å². The third-order valence-corrected chi connectivity index (χ3v) is 2.76. The van der Waals surface area contributed by atoms with Gasteiger partial charge in [0.2, 0.25) is 0 Å². The predicted molar refractivity (Wildman–Crippen MR) is 65.0 cm³/mol. The fourth-order valence-electron chi connectivity index (χ4n) is 1.79. The lowest BCUT2D eigenvalue weighted by Crippen LogP contribution is -2.10. The molecule has 0 fully saturated rings. The van der Waals surface area contributed by atoms with Crippen LogP contribution in [0.15, 0.2) is 24.3 Å². The average Bonchev–Trinajstić information content (AvgIpc) is 2.43. The lowest BCUT2D eigenvalue weighted by atomic mass is 10.0. The van der Waals surface area contributed by atoms with E-state index in [2.05, 4.69) is 9.72 Å². The smallest absolute Gasteiger partial charge is 0.416 e. The first kappa shape index (κ1) is 14.8. The Morgan fingerprint density at radius 3 is 2.43 bits per heavy atom. The number of pyridine rings is 1. The molecule has 0 radical (unpaired) electrons. The van der Waals surface area contributed by atoms with Crippen molar-refractivity contribution >= 4 is 22.8 Å². The van der Waals surface area contributed by atoms with E-state index >= 15 is 0 Å². The van der Waals surface area contributed by atoms with Crippen molar-refractivity contribution in [3.8, 4) is 0 Å². The number of hydrogen-bond acceptors (Lipinski definition) is 4. The maximum atomic E-state index is 12.7. The monoisotopic (exact) mass is 299 g/mol. The number of benzene rings is 1. The van der Waals surface area contributed by atoms with Crippen molar-refractivity contribution in [3.63, 3.8) is 0 Å². The highest BCUT2D eigenvalue weighted by Crippen LogP contribution is 2.32. The number of halogens is 3. The second-order valence-electron chi connectivity index (χ2n) is 4.08. The number of alkyl halides is 3. The molecule has 1 aromatic carbocycles. The van der Waals surface area contributed by atoms with Crippen LogP contribution < -0.4 is 0 Å². The molecule has 0 bridgehead atoms. The molecule has 0 saturated carbocycles. The molecule has 1 aromatic heterocycles. The summed E-state index contributed by atoms with van der Waals surface area (Å²) in [5, 5.41) is 8.79. The molecule has 0 spiro atoms. The Kier molecular flexibility index (Phi) is 3.54. The highest BCUT2D eigenvalue weighted by Gasteiger charge is 2.31. The number of carboxylic acid groups (broad SMARTS) is 1. The van der Waals surface area contributed by atoms with Crippen molar-refractivity contribution in [2.24, 2.45) is 0 Å². The maximum absolute atomic E-state index is 12.7. The van der Waals surface area contributed by atoms with E-state index in [1.807, 2.05) is 0 Å². The number of hydrogen-bond donors (Lipinski definition) is 1. The number of nitrogens with zero attached hydrogens (tertiary/aromatic N) is 1. The number of ether oxygens (including phenoxy) is 1. The van der Waals surface area contributed by atoms with Gasteiger partial charge in [-0.1, -0.05) is 0 Å². The molecular formula is C13H8F3NO4. The third kappa shape index (κ3) is 2.78. The second kappa shape index (κ2) is 5.04. The quantitative estimate of drug-likeness (QED) is 0.863. The number of esters is 1. The van der Waals surface area contributed by atoms with E-state index in [0.717, 1.165) is 31.4 Å². The summed E-state index contributed by atoms with van der Waals surface area (Å²) in [6.45, 7) is 0. The molecule has 0 saturated heterocycles. The largest absolute Gasteiger partial charge is 0.477 e. The van der Waals surface area contributed by atoms with Gasteiger partial charge in [-0.2, -0.15) is 13.2 Å². The number of fused-ring (bicyclic) bond motifs is 1. The van der Waals surface area contributed by atoms with Crippen LogP contribution in [0.25, 0.3) is 10.9 Å². The molecule has 0 aliphatic carbocycles. The minimum Gasteiger partial charge on any atom is -0.477 e. The summed E-state index contributed by atoms with van der Waals surface area (Å²) in [6.07, 6.45) is -4.59. The van der Waals surface area contributed by atoms with Gasteiger partial charge in [-0.05, 0) is 24.3 Å². The Hall–Kier alpha value is -2.64. The first-order chi connectivity index (χ1) is 9.74. The van der Waals surface area contributed by atoms with Gasteiger partial charge in [0.1, 0.15) is 5.69 Å². The summed E-state index contributed by atoms with van der Waals surface area (Å²) < 4.78 is 42.6. The van der Waals surface area contributed by atoms with Crippen LogP contribution in [-0.2, 0) is 10.9 Å². The average molecular weight is 299 g/mol. The molecule has 1 heterocycles. The molecule has 2 rings (SSSR count). The molecule has 1 N–H and O–H groups in total. The van der Waals surface area contributed by atoms with Crippen LogP contribution in [0.3, 0.4) is 0 Å². The van der Waals surface area contributed by atoms with Gasteiger partial charge in [0.25, 0.3) is 0 Å². The molecule has 8 heteroatoms.